The molecule has 0 aromatic rings. The van der Waals surface area contributed by atoms with Crippen molar-refractivity contribution in [2.75, 3.05) is 0 Å². The lowest BCUT2D eigenvalue weighted by atomic mass is 9.89. The van der Waals surface area contributed by atoms with E-state index >= 15 is 0 Å². The van der Waals surface area contributed by atoms with Crippen LogP contribution in [0.25, 0.3) is 0 Å². The van der Waals surface area contributed by atoms with Crippen LogP contribution in [0.4, 0.5) is 0 Å². The molecule has 0 fully saturated rings. The lowest BCUT2D eigenvalue weighted by Crippen LogP contribution is -2.17. The fraction of sp³-hybridized carbons (Fsp3) is 0.786. The molecule has 0 aliphatic carbocycles. The lowest BCUT2D eigenvalue weighted by Gasteiger charge is -2.17. The highest BCUT2D eigenvalue weighted by molar-refractivity contribution is 5.92. The van der Waals surface area contributed by atoms with E-state index in [1.807, 2.05) is 0 Å². The Kier molecular flexibility index (Phi) is 7.11. The van der Waals surface area contributed by atoms with Crippen molar-refractivity contribution in [3.63, 3.8) is 0 Å². The van der Waals surface area contributed by atoms with Gasteiger partial charge in [-0.25, -0.2) is 0 Å². The normalized spacial score (nSPS) is 10.9. The highest BCUT2D eigenvalue weighted by Gasteiger charge is 2.14. The molecule has 0 aliphatic rings. The van der Waals surface area contributed by atoms with Crippen LogP contribution in [-0.4, -0.2) is 5.91 Å². The Morgan fingerprint density at radius 1 is 1.06 bits per heavy atom. The van der Waals surface area contributed by atoms with Crippen LogP contribution in [0.3, 0.4) is 0 Å². The largest absolute Gasteiger partial charge is 0.366 e. The molecule has 0 rings (SSSR count). The molecule has 0 spiro atoms. The maximum atomic E-state index is 11.5. The first-order valence-electron chi connectivity index (χ1n) is 6.39. The minimum Gasteiger partial charge on any atom is -0.366 e. The van der Waals surface area contributed by atoms with Crippen molar-refractivity contribution in [1.29, 1.82) is 0 Å². The van der Waals surface area contributed by atoms with E-state index in [2.05, 4.69) is 34.6 Å². The number of amides is 1. The maximum absolute atomic E-state index is 11.5. The molecule has 0 aromatic carbocycles. The Morgan fingerprint density at radius 2 is 1.50 bits per heavy atom. The van der Waals surface area contributed by atoms with Gasteiger partial charge in [0.25, 0.3) is 0 Å². The van der Waals surface area contributed by atoms with Crippen molar-refractivity contribution in [1.82, 2.24) is 0 Å². The first-order valence-corrected chi connectivity index (χ1v) is 6.39. The molecule has 0 radical (unpaired) electrons. The van der Waals surface area contributed by atoms with Gasteiger partial charge in [-0.1, -0.05) is 46.6 Å². The molecule has 0 saturated heterocycles. The van der Waals surface area contributed by atoms with Crippen LogP contribution in [0.15, 0.2) is 11.1 Å². The summed E-state index contributed by atoms with van der Waals surface area (Å²) in [7, 11) is 0. The van der Waals surface area contributed by atoms with Crippen molar-refractivity contribution in [3.05, 3.63) is 11.1 Å². The molecular formula is C14H27NO. The van der Waals surface area contributed by atoms with E-state index in [1.165, 1.54) is 5.57 Å². The average Bonchev–Trinajstić information content (AvgIpc) is 2.10. The third kappa shape index (κ3) is 5.94. The smallest absolute Gasteiger partial charge is 0.244 e. The maximum Gasteiger partial charge on any atom is 0.244 e. The molecule has 0 bridgehead atoms. The number of hydrogen-bond donors (Lipinski definition) is 1. The fourth-order valence-electron chi connectivity index (χ4n) is 2.04. The predicted molar refractivity (Wildman–Crippen MR) is 70.0 cm³/mol. The van der Waals surface area contributed by atoms with Crippen molar-refractivity contribution >= 4 is 5.91 Å². The molecule has 1 amide bonds. The van der Waals surface area contributed by atoms with Gasteiger partial charge in [-0.3, -0.25) is 4.79 Å². The molecular weight excluding hydrogens is 198 g/mol. The second-order valence-corrected chi connectivity index (χ2v) is 5.39. The summed E-state index contributed by atoms with van der Waals surface area (Å²) in [5.41, 5.74) is 7.64. The Morgan fingerprint density at radius 3 is 1.75 bits per heavy atom. The molecule has 94 valence electrons. The van der Waals surface area contributed by atoms with Crippen LogP contribution in [0, 0.1) is 11.8 Å². The Hall–Kier alpha value is -0.790. The van der Waals surface area contributed by atoms with Gasteiger partial charge in [-0.2, -0.15) is 0 Å². The van der Waals surface area contributed by atoms with Gasteiger partial charge in [-0.05, 0) is 31.1 Å². The summed E-state index contributed by atoms with van der Waals surface area (Å²) < 4.78 is 0. The van der Waals surface area contributed by atoms with Crippen molar-refractivity contribution in [3.8, 4) is 0 Å². The molecule has 16 heavy (non-hydrogen) atoms. The van der Waals surface area contributed by atoms with Crippen LogP contribution in [0.5, 0.6) is 0 Å². The second-order valence-electron chi connectivity index (χ2n) is 5.39. The minimum absolute atomic E-state index is 0.224. The number of rotatable bonds is 7. The van der Waals surface area contributed by atoms with E-state index in [4.69, 9.17) is 5.73 Å². The number of carbonyl (C=O) groups excluding carboxylic acids is 1. The quantitative estimate of drug-likeness (QED) is 0.660. The first kappa shape index (κ1) is 15.2. The van der Waals surface area contributed by atoms with Crippen molar-refractivity contribution in [2.24, 2.45) is 17.6 Å². The van der Waals surface area contributed by atoms with Gasteiger partial charge < -0.3 is 5.73 Å². The van der Waals surface area contributed by atoms with E-state index in [1.54, 1.807) is 0 Å². The number of carbonyl (C=O) groups is 1. The van der Waals surface area contributed by atoms with E-state index in [9.17, 15) is 4.79 Å². The van der Waals surface area contributed by atoms with Gasteiger partial charge >= 0.3 is 0 Å². The van der Waals surface area contributed by atoms with Gasteiger partial charge in [0.2, 0.25) is 5.91 Å². The molecule has 2 N–H and O–H groups in total. The van der Waals surface area contributed by atoms with E-state index in [0.29, 0.717) is 11.8 Å². The SMILES string of the molecule is CCCC(C(N)=O)=C(CC(C)C)CC(C)C. The zero-order chi connectivity index (χ0) is 12.7. The van der Waals surface area contributed by atoms with Crippen LogP contribution < -0.4 is 5.73 Å². The predicted octanol–water partition coefficient (Wildman–Crippen LogP) is 3.66. The number of allylic oxidation sites excluding steroid dienone is 1. The first-order chi connectivity index (χ1) is 7.38. The Bertz CT molecular complexity index is 239. The zero-order valence-corrected chi connectivity index (χ0v) is 11.5. The molecule has 0 aliphatic heterocycles. The topological polar surface area (TPSA) is 43.1 Å². The summed E-state index contributed by atoms with van der Waals surface area (Å²) in [6.45, 7) is 10.8. The summed E-state index contributed by atoms with van der Waals surface area (Å²) >= 11 is 0. The lowest BCUT2D eigenvalue weighted by molar-refractivity contribution is -0.114. The standard InChI is InChI=1S/C14H27NO/c1-6-7-13(14(15)16)12(8-10(2)3)9-11(4)5/h10-11H,6-9H2,1-5H3,(H2,15,16). The monoisotopic (exact) mass is 225 g/mol. The van der Waals surface area contributed by atoms with Gasteiger partial charge in [0.15, 0.2) is 0 Å². The summed E-state index contributed by atoms with van der Waals surface area (Å²) in [6, 6.07) is 0. The number of nitrogens with two attached hydrogens (primary N) is 1. The third-order valence-electron chi connectivity index (χ3n) is 2.53. The molecule has 0 atom stereocenters. The molecule has 0 heterocycles. The molecule has 2 nitrogen and oxygen atoms in total. The van der Waals surface area contributed by atoms with Crippen LogP contribution in [-0.2, 0) is 4.79 Å². The van der Waals surface area contributed by atoms with Crippen LogP contribution in [0.2, 0.25) is 0 Å². The summed E-state index contributed by atoms with van der Waals surface area (Å²) in [5.74, 6) is 0.943. The molecule has 2 heteroatoms. The Labute approximate surface area is 100 Å². The zero-order valence-electron chi connectivity index (χ0n) is 11.5. The summed E-state index contributed by atoms with van der Waals surface area (Å²) in [4.78, 5) is 11.5. The minimum atomic E-state index is -0.224. The van der Waals surface area contributed by atoms with Crippen LogP contribution in [0.1, 0.15) is 60.3 Å². The highest BCUT2D eigenvalue weighted by Crippen LogP contribution is 2.24. The fourth-order valence-corrected chi connectivity index (χ4v) is 2.04. The third-order valence-corrected chi connectivity index (χ3v) is 2.53. The number of primary amides is 1. The Balaban J connectivity index is 5.01. The number of hydrogen-bond acceptors (Lipinski definition) is 1. The molecule has 0 saturated carbocycles. The molecule has 0 unspecified atom stereocenters. The van der Waals surface area contributed by atoms with E-state index < -0.39 is 0 Å². The van der Waals surface area contributed by atoms with Crippen LogP contribution >= 0.6 is 0 Å². The van der Waals surface area contributed by atoms with Gasteiger partial charge in [0.05, 0.1) is 0 Å². The van der Waals surface area contributed by atoms with Gasteiger partial charge in [0.1, 0.15) is 0 Å². The highest BCUT2D eigenvalue weighted by atomic mass is 16.1. The van der Waals surface area contributed by atoms with Gasteiger partial charge in [-0.15, -0.1) is 0 Å². The summed E-state index contributed by atoms with van der Waals surface area (Å²) in [5, 5.41) is 0. The van der Waals surface area contributed by atoms with Gasteiger partial charge in [0, 0.05) is 5.57 Å². The van der Waals surface area contributed by atoms with Crippen molar-refractivity contribution in [2.45, 2.75) is 60.3 Å². The van der Waals surface area contributed by atoms with E-state index in [-0.39, 0.29) is 5.91 Å². The van der Waals surface area contributed by atoms with Crippen molar-refractivity contribution < 1.29 is 4.79 Å². The summed E-state index contributed by atoms with van der Waals surface area (Å²) in [6.07, 6.45) is 3.80. The molecule has 0 aromatic heterocycles. The average molecular weight is 225 g/mol. The van der Waals surface area contributed by atoms with E-state index in [0.717, 1.165) is 31.3 Å². The second kappa shape index (κ2) is 7.48.